The number of hydrogen-bond donors (Lipinski definition) is 0. The van der Waals surface area contributed by atoms with Crippen LogP contribution >= 0.6 is 0 Å². The average Bonchev–Trinajstić information content (AvgIpc) is 2.63. The normalized spacial score (nSPS) is 13.4. The van der Waals surface area contributed by atoms with Crippen LogP contribution in [0.3, 0.4) is 0 Å². The lowest BCUT2D eigenvalue weighted by Gasteiger charge is -2.08. The van der Waals surface area contributed by atoms with E-state index in [2.05, 4.69) is 30.0 Å². The van der Waals surface area contributed by atoms with Crippen molar-refractivity contribution in [3.8, 4) is 0 Å². The molecule has 0 saturated heterocycles. The largest absolute Gasteiger partial charge is 0.221 e. The van der Waals surface area contributed by atoms with Gasteiger partial charge in [-0.25, -0.2) is 9.50 Å². The molecule has 68 valence electrons. The molecule has 0 fully saturated rings. The lowest BCUT2D eigenvalue weighted by atomic mass is 10.0. The van der Waals surface area contributed by atoms with Crippen LogP contribution < -0.4 is 0 Å². The number of aromatic nitrogens is 3. The summed E-state index contributed by atoms with van der Waals surface area (Å²) in [5.41, 5.74) is 2.26. The molecule has 0 bridgehead atoms. The second kappa shape index (κ2) is 3.17. The molecule has 0 spiro atoms. The molecular weight excluding hydrogens is 162 g/mol. The highest BCUT2D eigenvalue weighted by Gasteiger charge is 2.08. The smallest absolute Gasteiger partial charge is 0.158 e. The lowest BCUT2D eigenvalue weighted by Crippen LogP contribution is -1.96. The topological polar surface area (TPSA) is 30.2 Å². The van der Waals surface area contributed by atoms with Gasteiger partial charge in [-0.05, 0) is 24.0 Å². The Morgan fingerprint density at radius 3 is 3.15 bits per heavy atom. The minimum atomic E-state index is 0.549. The summed E-state index contributed by atoms with van der Waals surface area (Å²) >= 11 is 0. The van der Waals surface area contributed by atoms with Crippen molar-refractivity contribution in [1.82, 2.24) is 14.6 Å². The third-order valence-electron chi connectivity index (χ3n) is 2.48. The van der Waals surface area contributed by atoms with Gasteiger partial charge in [0, 0.05) is 6.20 Å². The fourth-order valence-electron chi connectivity index (χ4n) is 1.47. The van der Waals surface area contributed by atoms with Crippen LogP contribution in [0.5, 0.6) is 0 Å². The maximum Gasteiger partial charge on any atom is 0.158 e. The SMILES string of the molecule is CCC(C)c1cccn2ncnc12. The van der Waals surface area contributed by atoms with Gasteiger partial charge in [0.25, 0.3) is 0 Å². The van der Waals surface area contributed by atoms with Gasteiger partial charge in [0.05, 0.1) is 0 Å². The number of rotatable bonds is 2. The van der Waals surface area contributed by atoms with Crippen LogP contribution in [0.1, 0.15) is 31.7 Å². The lowest BCUT2D eigenvalue weighted by molar-refractivity contribution is 0.731. The molecule has 2 aromatic heterocycles. The van der Waals surface area contributed by atoms with Crippen molar-refractivity contribution in [2.45, 2.75) is 26.2 Å². The van der Waals surface area contributed by atoms with E-state index in [1.807, 2.05) is 16.8 Å². The Morgan fingerprint density at radius 2 is 2.38 bits per heavy atom. The molecule has 0 N–H and O–H groups in total. The molecule has 2 heterocycles. The predicted octanol–water partition coefficient (Wildman–Crippen LogP) is 2.24. The maximum absolute atomic E-state index is 4.24. The van der Waals surface area contributed by atoms with Gasteiger partial charge >= 0.3 is 0 Å². The first kappa shape index (κ1) is 8.23. The molecule has 1 atom stereocenters. The third-order valence-corrected chi connectivity index (χ3v) is 2.48. The third kappa shape index (κ3) is 1.30. The van der Waals surface area contributed by atoms with Gasteiger partial charge < -0.3 is 0 Å². The van der Waals surface area contributed by atoms with Crippen LogP contribution in [0.25, 0.3) is 5.65 Å². The van der Waals surface area contributed by atoms with E-state index in [-0.39, 0.29) is 0 Å². The summed E-state index contributed by atoms with van der Waals surface area (Å²) in [6.07, 6.45) is 4.65. The monoisotopic (exact) mass is 175 g/mol. The Labute approximate surface area is 77.4 Å². The highest BCUT2D eigenvalue weighted by atomic mass is 15.3. The van der Waals surface area contributed by atoms with Crippen LogP contribution in [0.4, 0.5) is 0 Å². The fraction of sp³-hybridized carbons (Fsp3) is 0.400. The Hall–Kier alpha value is -1.38. The minimum Gasteiger partial charge on any atom is -0.221 e. The molecule has 2 rings (SSSR count). The van der Waals surface area contributed by atoms with Crippen LogP contribution in [0.15, 0.2) is 24.7 Å². The van der Waals surface area contributed by atoms with E-state index in [0.717, 1.165) is 12.1 Å². The van der Waals surface area contributed by atoms with Crippen LogP contribution in [-0.4, -0.2) is 14.6 Å². The second-order valence-corrected chi connectivity index (χ2v) is 3.30. The van der Waals surface area contributed by atoms with Gasteiger partial charge in [0.15, 0.2) is 5.65 Å². The standard InChI is InChI=1S/C10H13N3/c1-3-8(2)9-5-4-6-13-10(9)11-7-12-13/h4-8H,3H2,1-2H3. The fourth-order valence-corrected chi connectivity index (χ4v) is 1.47. The van der Waals surface area contributed by atoms with Gasteiger partial charge in [-0.1, -0.05) is 19.9 Å². The molecule has 3 nitrogen and oxygen atoms in total. The zero-order chi connectivity index (χ0) is 9.26. The summed E-state index contributed by atoms with van der Waals surface area (Å²) in [5.74, 6) is 0.549. The summed E-state index contributed by atoms with van der Waals surface area (Å²) in [7, 11) is 0. The van der Waals surface area contributed by atoms with E-state index in [4.69, 9.17) is 0 Å². The molecule has 0 aliphatic rings. The van der Waals surface area contributed by atoms with Gasteiger partial charge in [0.2, 0.25) is 0 Å². The summed E-state index contributed by atoms with van der Waals surface area (Å²) < 4.78 is 1.82. The summed E-state index contributed by atoms with van der Waals surface area (Å²) in [5, 5.41) is 4.10. The van der Waals surface area contributed by atoms with Crippen molar-refractivity contribution in [2.24, 2.45) is 0 Å². The number of fused-ring (bicyclic) bond motifs is 1. The van der Waals surface area contributed by atoms with Gasteiger partial charge in [0.1, 0.15) is 6.33 Å². The molecule has 2 aromatic rings. The van der Waals surface area contributed by atoms with E-state index in [0.29, 0.717) is 5.92 Å². The zero-order valence-electron chi connectivity index (χ0n) is 7.94. The maximum atomic E-state index is 4.24. The van der Waals surface area contributed by atoms with Crippen molar-refractivity contribution in [3.05, 3.63) is 30.2 Å². The highest BCUT2D eigenvalue weighted by Crippen LogP contribution is 2.21. The first-order valence-electron chi connectivity index (χ1n) is 4.61. The van der Waals surface area contributed by atoms with E-state index in [9.17, 15) is 0 Å². The molecular formula is C10H13N3. The van der Waals surface area contributed by atoms with E-state index in [1.165, 1.54) is 5.56 Å². The molecule has 0 aliphatic heterocycles. The molecule has 0 radical (unpaired) electrons. The quantitative estimate of drug-likeness (QED) is 0.700. The van der Waals surface area contributed by atoms with E-state index >= 15 is 0 Å². The Morgan fingerprint density at radius 1 is 1.54 bits per heavy atom. The molecule has 13 heavy (non-hydrogen) atoms. The van der Waals surface area contributed by atoms with Crippen molar-refractivity contribution >= 4 is 5.65 Å². The molecule has 3 heteroatoms. The Balaban J connectivity index is 2.60. The van der Waals surface area contributed by atoms with E-state index < -0.39 is 0 Å². The summed E-state index contributed by atoms with van der Waals surface area (Å²) in [4.78, 5) is 4.24. The van der Waals surface area contributed by atoms with E-state index in [1.54, 1.807) is 6.33 Å². The van der Waals surface area contributed by atoms with Crippen LogP contribution in [-0.2, 0) is 0 Å². The Bertz CT molecular complexity index is 405. The molecule has 0 amide bonds. The second-order valence-electron chi connectivity index (χ2n) is 3.30. The summed E-state index contributed by atoms with van der Waals surface area (Å²) in [6, 6.07) is 4.14. The Kier molecular flexibility index (Phi) is 2.00. The van der Waals surface area contributed by atoms with Gasteiger partial charge in [-0.3, -0.25) is 0 Å². The van der Waals surface area contributed by atoms with Crippen molar-refractivity contribution in [1.29, 1.82) is 0 Å². The predicted molar refractivity (Wildman–Crippen MR) is 51.7 cm³/mol. The molecule has 0 aromatic carbocycles. The first-order chi connectivity index (χ1) is 6.33. The van der Waals surface area contributed by atoms with Crippen molar-refractivity contribution < 1.29 is 0 Å². The van der Waals surface area contributed by atoms with Crippen molar-refractivity contribution in [2.75, 3.05) is 0 Å². The highest BCUT2D eigenvalue weighted by molar-refractivity contribution is 5.47. The van der Waals surface area contributed by atoms with Crippen molar-refractivity contribution in [3.63, 3.8) is 0 Å². The van der Waals surface area contributed by atoms with Crippen LogP contribution in [0.2, 0.25) is 0 Å². The van der Waals surface area contributed by atoms with Gasteiger partial charge in [-0.15, -0.1) is 0 Å². The molecule has 0 aliphatic carbocycles. The first-order valence-corrected chi connectivity index (χ1v) is 4.61. The molecule has 0 saturated carbocycles. The zero-order valence-corrected chi connectivity index (χ0v) is 7.94. The number of hydrogen-bond acceptors (Lipinski definition) is 2. The number of nitrogens with zero attached hydrogens (tertiary/aromatic N) is 3. The number of pyridine rings is 1. The van der Waals surface area contributed by atoms with Gasteiger partial charge in [-0.2, -0.15) is 5.10 Å². The molecule has 1 unspecified atom stereocenters. The average molecular weight is 175 g/mol. The summed E-state index contributed by atoms with van der Waals surface area (Å²) in [6.45, 7) is 4.40. The minimum absolute atomic E-state index is 0.549. The van der Waals surface area contributed by atoms with Crippen LogP contribution in [0, 0.1) is 0 Å².